The van der Waals surface area contributed by atoms with Gasteiger partial charge in [0.05, 0.1) is 0 Å². The number of ether oxygens (including phenoxy) is 1. The van der Waals surface area contributed by atoms with Crippen LogP contribution in [-0.4, -0.2) is 20.3 Å². The Labute approximate surface area is 142 Å². The maximum Gasteiger partial charge on any atom is 0.573 e. The highest BCUT2D eigenvalue weighted by Crippen LogP contribution is 2.38. The molecule has 2 rings (SSSR count). The Morgan fingerprint density at radius 2 is 1.67 bits per heavy atom. The maximum atomic E-state index is 12.5. The van der Waals surface area contributed by atoms with Crippen molar-refractivity contribution in [2.24, 2.45) is 0 Å². The Morgan fingerprint density at radius 1 is 1.04 bits per heavy atom. The van der Waals surface area contributed by atoms with E-state index in [2.05, 4.69) is 9.46 Å². The molecule has 0 fully saturated rings. The first-order chi connectivity index (χ1) is 10.9. The number of hydrogen-bond acceptors (Lipinski definition) is 4. The second-order valence-corrected chi connectivity index (χ2v) is 9.01. The Bertz CT molecular complexity index is 821. The average Bonchev–Trinajstić information content (AvgIpc) is 2.84. The third-order valence-electron chi connectivity index (χ3n) is 2.66. The van der Waals surface area contributed by atoms with Gasteiger partial charge in [0.1, 0.15) is 9.96 Å². The second kappa shape index (κ2) is 6.38. The van der Waals surface area contributed by atoms with E-state index in [4.69, 9.17) is 0 Å². The van der Waals surface area contributed by atoms with E-state index >= 15 is 0 Å². The molecule has 9 heteroatoms. The normalized spacial score (nSPS) is 13.1. The number of alkyl halides is 3. The molecule has 0 unspecified atom stereocenters. The van der Waals surface area contributed by atoms with E-state index < -0.39 is 21.9 Å². The molecule has 24 heavy (non-hydrogen) atoms. The van der Waals surface area contributed by atoms with Crippen molar-refractivity contribution in [2.75, 3.05) is 0 Å². The summed E-state index contributed by atoms with van der Waals surface area (Å²) >= 11 is 0.876. The summed E-state index contributed by atoms with van der Waals surface area (Å²) in [6.07, 6.45) is -4.82. The average molecular weight is 379 g/mol. The summed E-state index contributed by atoms with van der Waals surface area (Å²) in [5.74, 6) is -0.375. The van der Waals surface area contributed by atoms with Crippen LogP contribution in [0, 0.1) is 0 Å². The van der Waals surface area contributed by atoms with E-state index in [-0.39, 0.29) is 15.5 Å². The minimum Gasteiger partial charge on any atom is -0.405 e. The van der Waals surface area contributed by atoms with Crippen molar-refractivity contribution in [3.63, 3.8) is 0 Å². The quantitative estimate of drug-likeness (QED) is 0.857. The number of thiophene rings is 1. The molecule has 0 saturated carbocycles. The van der Waals surface area contributed by atoms with Crippen LogP contribution in [0.5, 0.6) is 5.75 Å². The van der Waals surface area contributed by atoms with Gasteiger partial charge in [-0.05, 0) is 45.0 Å². The van der Waals surface area contributed by atoms with E-state index in [1.807, 2.05) is 0 Å². The standard InChI is InChI=1S/C15H16F3NO3S2/c1-14(2,3)19-24(20,21)13-9-8-12(23-13)10-6-4-5-7-11(10)22-15(16,17)18/h4-9,19H,1-3H3. The van der Waals surface area contributed by atoms with Crippen molar-refractivity contribution in [1.82, 2.24) is 4.72 Å². The first kappa shape index (κ1) is 18.8. The largest absolute Gasteiger partial charge is 0.573 e. The van der Waals surface area contributed by atoms with Gasteiger partial charge < -0.3 is 4.74 Å². The Hall–Kier alpha value is -1.58. The van der Waals surface area contributed by atoms with Crippen LogP contribution in [0.2, 0.25) is 0 Å². The maximum absolute atomic E-state index is 12.5. The fraction of sp³-hybridized carbons (Fsp3) is 0.333. The van der Waals surface area contributed by atoms with Crippen molar-refractivity contribution in [1.29, 1.82) is 0 Å². The first-order valence-corrected chi connectivity index (χ1v) is 9.16. The van der Waals surface area contributed by atoms with Crippen LogP contribution < -0.4 is 9.46 Å². The van der Waals surface area contributed by atoms with Gasteiger partial charge in [0.15, 0.2) is 0 Å². The highest BCUT2D eigenvalue weighted by atomic mass is 32.2. The van der Waals surface area contributed by atoms with Crippen molar-refractivity contribution in [3.05, 3.63) is 36.4 Å². The number of nitrogens with one attached hydrogen (secondary N) is 1. The van der Waals surface area contributed by atoms with Gasteiger partial charge in [-0.1, -0.05) is 12.1 Å². The van der Waals surface area contributed by atoms with Gasteiger partial charge in [0.2, 0.25) is 0 Å². The van der Waals surface area contributed by atoms with Crippen molar-refractivity contribution >= 4 is 21.4 Å². The molecule has 0 aliphatic carbocycles. The molecule has 0 saturated heterocycles. The van der Waals surface area contributed by atoms with Crippen LogP contribution in [-0.2, 0) is 10.0 Å². The lowest BCUT2D eigenvalue weighted by molar-refractivity contribution is -0.274. The summed E-state index contributed by atoms with van der Waals surface area (Å²) in [6.45, 7) is 5.10. The molecule has 0 radical (unpaired) electrons. The third kappa shape index (κ3) is 4.96. The fourth-order valence-electron chi connectivity index (χ4n) is 1.95. The number of hydrogen-bond donors (Lipinski definition) is 1. The van der Waals surface area contributed by atoms with Gasteiger partial charge in [0, 0.05) is 16.0 Å². The predicted octanol–water partition coefficient (Wildman–Crippen LogP) is 4.39. The molecular formula is C15H16F3NO3S2. The molecule has 0 amide bonds. The molecule has 1 aromatic heterocycles. The van der Waals surface area contributed by atoms with Crippen LogP contribution >= 0.6 is 11.3 Å². The summed E-state index contributed by atoms with van der Waals surface area (Å²) < 4.78 is 68.6. The molecule has 132 valence electrons. The van der Waals surface area contributed by atoms with Crippen LogP contribution in [0.4, 0.5) is 13.2 Å². The van der Waals surface area contributed by atoms with E-state index in [1.165, 1.54) is 30.3 Å². The number of sulfonamides is 1. The Morgan fingerprint density at radius 3 is 2.25 bits per heavy atom. The predicted molar refractivity (Wildman–Crippen MR) is 86.5 cm³/mol. The highest BCUT2D eigenvalue weighted by Gasteiger charge is 2.32. The first-order valence-electron chi connectivity index (χ1n) is 6.86. The minimum atomic E-state index is -4.82. The minimum absolute atomic E-state index is 0.0224. The topological polar surface area (TPSA) is 55.4 Å². The third-order valence-corrected chi connectivity index (χ3v) is 6.03. The number of para-hydroxylation sites is 1. The molecule has 2 aromatic rings. The zero-order chi connectivity index (χ0) is 18.2. The Kier molecular flexibility index (Phi) is 4.98. The zero-order valence-electron chi connectivity index (χ0n) is 13.1. The van der Waals surface area contributed by atoms with Gasteiger partial charge >= 0.3 is 6.36 Å². The highest BCUT2D eigenvalue weighted by molar-refractivity contribution is 7.91. The zero-order valence-corrected chi connectivity index (χ0v) is 14.8. The summed E-state index contributed by atoms with van der Waals surface area (Å²) in [5, 5.41) is 0. The lowest BCUT2D eigenvalue weighted by Gasteiger charge is -2.19. The van der Waals surface area contributed by atoms with Gasteiger partial charge in [-0.3, -0.25) is 0 Å². The molecule has 1 heterocycles. The monoisotopic (exact) mass is 379 g/mol. The van der Waals surface area contributed by atoms with Crippen molar-refractivity contribution < 1.29 is 26.3 Å². The number of rotatable bonds is 4. The fourth-order valence-corrected chi connectivity index (χ4v) is 4.70. The van der Waals surface area contributed by atoms with Crippen LogP contribution in [0.3, 0.4) is 0 Å². The summed E-state index contributed by atoms with van der Waals surface area (Å²) in [4.78, 5) is 0.365. The van der Waals surface area contributed by atoms with Gasteiger partial charge in [-0.15, -0.1) is 24.5 Å². The van der Waals surface area contributed by atoms with Gasteiger partial charge in [-0.2, -0.15) is 0 Å². The van der Waals surface area contributed by atoms with Crippen molar-refractivity contribution in [3.8, 4) is 16.2 Å². The van der Waals surface area contributed by atoms with Crippen LogP contribution in [0.25, 0.3) is 10.4 Å². The summed E-state index contributed by atoms with van der Waals surface area (Å²) in [6, 6.07) is 8.42. The molecule has 1 N–H and O–H groups in total. The molecule has 0 aliphatic heterocycles. The molecule has 1 aromatic carbocycles. The van der Waals surface area contributed by atoms with E-state index in [1.54, 1.807) is 26.8 Å². The lowest BCUT2D eigenvalue weighted by atomic mass is 10.1. The lowest BCUT2D eigenvalue weighted by Crippen LogP contribution is -2.40. The summed E-state index contributed by atoms with van der Waals surface area (Å²) in [5.41, 5.74) is -0.489. The SMILES string of the molecule is CC(C)(C)NS(=O)(=O)c1ccc(-c2ccccc2OC(F)(F)F)s1. The van der Waals surface area contributed by atoms with E-state index in [0.29, 0.717) is 4.88 Å². The molecule has 0 aliphatic rings. The number of benzene rings is 1. The van der Waals surface area contributed by atoms with E-state index in [0.717, 1.165) is 11.3 Å². The number of halogens is 3. The van der Waals surface area contributed by atoms with Gasteiger partial charge in [-0.25, -0.2) is 13.1 Å². The van der Waals surface area contributed by atoms with Crippen LogP contribution in [0.15, 0.2) is 40.6 Å². The van der Waals surface area contributed by atoms with Gasteiger partial charge in [0.25, 0.3) is 10.0 Å². The second-order valence-electron chi connectivity index (χ2n) is 6.02. The molecule has 0 bridgehead atoms. The van der Waals surface area contributed by atoms with E-state index in [9.17, 15) is 21.6 Å². The molecule has 4 nitrogen and oxygen atoms in total. The smallest absolute Gasteiger partial charge is 0.405 e. The summed E-state index contributed by atoms with van der Waals surface area (Å²) in [7, 11) is -3.75. The molecule has 0 atom stereocenters. The molecular weight excluding hydrogens is 363 g/mol. The Balaban J connectivity index is 2.39. The van der Waals surface area contributed by atoms with Crippen LogP contribution in [0.1, 0.15) is 20.8 Å². The van der Waals surface area contributed by atoms with Crippen molar-refractivity contribution in [2.45, 2.75) is 36.9 Å². The molecule has 0 spiro atoms.